The normalized spacial score (nSPS) is 19.9. The highest BCUT2D eigenvalue weighted by atomic mass is 16.6. The van der Waals surface area contributed by atoms with Crippen LogP contribution in [0.4, 0.5) is 0 Å². The molecule has 21 heavy (non-hydrogen) atoms. The summed E-state index contributed by atoms with van der Waals surface area (Å²) in [4.78, 5) is 24.3. The molecule has 2 atom stereocenters. The quantitative estimate of drug-likeness (QED) is 0.891. The minimum Gasteiger partial charge on any atom is -0.482 e. The van der Waals surface area contributed by atoms with E-state index >= 15 is 0 Å². The van der Waals surface area contributed by atoms with Gasteiger partial charge in [0.1, 0.15) is 6.10 Å². The largest absolute Gasteiger partial charge is 0.482 e. The number of para-hydroxylation sites is 2. The summed E-state index contributed by atoms with van der Waals surface area (Å²) < 4.78 is 11.4. The fourth-order valence-corrected chi connectivity index (χ4v) is 2.19. The van der Waals surface area contributed by atoms with E-state index in [1.165, 1.54) is 4.90 Å². The van der Waals surface area contributed by atoms with Crippen LogP contribution < -0.4 is 9.47 Å². The van der Waals surface area contributed by atoms with Crippen molar-refractivity contribution in [1.29, 1.82) is 0 Å². The number of hydrogen-bond donors (Lipinski definition) is 1. The molecule has 1 aromatic carbocycles. The van der Waals surface area contributed by atoms with E-state index in [0.29, 0.717) is 24.5 Å². The molecule has 1 aliphatic heterocycles. The van der Waals surface area contributed by atoms with Crippen LogP contribution in [0, 0.1) is 0 Å². The summed E-state index contributed by atoms with van der Waals surface area (Å²) >= 11 is 0. The molecular formula is C15H19NO5. The molecule has 0 aliphatic carbocycles. The number of amides is 1. The predicted molar refractivity (Wildman–Crippen MR) is 75.5 cm³/mol. The van der Waals surface area contributed by atoms with Crippen LogP contribution >= 0.6 is 0 Å². The lowest BCUT2D eigenvalue weighted by Gasteiger charge is -2.33. The van der Waals surface area contributed by atoms with E-state index in [0.717, 1.165) is 0 Å². The van der Waals surface area contributed by atoms with Gasteiger partial charge in [0.05, 0.1) is 0 Å². The maximum absolute atomic E-state index is 12.4. The number of ether oxygens (including phenoxy) is 2. The van der Waals surface area contributed by atoms with Crippen LogP contribution in [0.15, 0.2) is 24.3 Å². The van der Waals surface area contributed by atoms with Crippen molar-refractivity contribution in [3.05, 3.63) is 24.3 Å². The molecule has 0 unspecified atom stereocenters. The van der Waals surface area contributed by atoms with Gasteiger partial charge in [0.25, 0.3) is 5.91 Å². The van der Waals surface area contributed by atoms with E-state index in [1.54, 1.807) is 26.1 Å². The molecule has 6 nitrogen and oxygen atoms in total. The summed E-state index contributed by atoms with van der Waals surface area (Å²) in [5.41, 5.74) is 0. The average Bonchev–Trinajstić information content (AvgIpc) is 2.45. The van der Waals surface area contributed by atoms with Crippen LogP contribution in [0.3, 0.4) is 0 Å². The molecule has 1 heterocycles. The van der Waals surface area contributed by atoms with E-state index in [1.807, 2.05) is 12.1 Å². The number of carbonyl (C=O) groups is 2. The first kappa shape index (κ1) is 15.2. The van der Waals surface area contributed by atoms with Crippen molar-refractivity contribution in [1.82, 2.24) is 4.90 Å². The standard InChI is InChI=1S/C15H19NO5/c1-10-14(15(19)16(2)9-5-8-13(17)18)21-12-7-4-3-6-11(12)20-10/h3-4,6-7,10,14H,5,8-9H2,1-2H3,(H,17,18)/t10-,14+/m0/s1. The number of rotatable bonds is 5. The Bertz CT molecular complexity index is 531. The number of carbonyl (C=O) groups excluding carboxylic acids is 1. The summed E-state index contributed by atoms with van der Waals surface area (Å²) in [7, 11) is 1.64. The third-order valence-corrected chi connectivity index (χ3v) is 3.35. The van der Waals surface area contributed by atoms with Crippen molar-refractivity contribution in [3.8, 4) is 11.5 Å². The first-order chi connectivity index (χ1) is 9.99. The van der Waals surface area contributed by atoms with Crippen molar-refractivity contribution < 1.29 is 24.2 Å². The molecule has 2 rings (SSSR count). The van der Waals surface area contributed by atoms with Crippen molar-refractivity contribution >= 4 is 11.9 Å². The zero-order chi connectivity index (χ0) is 15.4. The Morgan fingerprint density at radius 2 is 1.86 bits per heavy atom. The van der Waals surface area contributed by atoms with Gasteiger partial charge in [-0.2, -0.15) is 0 Å². The molecule has 114 valence electrons. The summed E-state index contributed by atoms with van der Waals surface area (Å²) in [5.74, 6) is 0.105. The van der Waals surface area contributed by atoms with E-state index in [9.17, 15) is 9.59 Å². The Morgan fingerprint density at radius 1 is 1.24 bits per heavy atom. The van der Waals surface area contributed by atoms with Gasteiger partial charge in [-0.1, -0.05) is 12.1 Å². The molecule has 1 aromatic rings. The highest BCUT2D eigenvalue weighted by Crippen LogP contribution is 2.33. The van der Waals surface area contributed by atoms with Crippen molar-refractivity contribution in [2.45, 2.75) is 32.0 Å². The molecule has 0 spiro atoms. The predicted octanol–water partition coefficient (Wildman–Crippen LogP) is 1.54. The van der Waals surface area contributed by atoms with Gasteiger partial charge >= 0.3 is 5.97 Å². The number of benzene rings is 1. The Hall–Kier alpha value is -2.24. The molecule has 0 bridgehead atoms. The molecule has 1 aliphatic rings. The second kappa shape index (κ2) is 6.47. The minimum absolute atomic E-state index is 0.0397. The van der Waals surface area contributed by atoms with Crippen molar-refractivity contribution in [3.63, 3.8) is 0 Å². The molecule has 0 saturated heterocycles. The lowest BCUT2D eigenvalue weighted by molar-refractivity contribution is -0.144. The second-order valence-corrected chi connectivity index (χ2v) is 5.07. The third-order valence-electron chi connectivity index (χ3n) is 3.35. The number of carboxylic acid groups (broad SMARTS) is 1. The number of aliphatic carboxylic acids is 1. The van der Waals surface area contributed by atoms with Gasteiger partial charge in [-0.05, 0) is 25.5 Å². The van der Waals surface area contributed by atoms with Crippen molar-refractivity contribution in [2.24, 2.45) is 0 Å². The molecule has 0 saturated carbocycles. The summed E-state index contributed by atoms with van der Waals surface area (Å²) in [6.45, 7) is 2.16. The zero-order valence-corrected chi connectivity index (χ0v) is 12.1. The Morgan fingerprint density at radius 3 is 2.48 bits per heavy atom. The van der Waals surface area contributed by atoms with E-state index in [2.05, 4.69) is 0 Å². The van der Waals surface area contributed by atoms with E-state index in [-0.39, 0.29) is 12.3 Å². The fraction of sp³-hybridized carbons (Fsp3) is 0.467. The summed E-state index contributed by atoms with van der Waals surface area (Å²) in [5, 5.41) is 8.62. The van der Waals surface area contributed by atoms with Crippen LogP contribution in [0.2, 0.25) is 0 Å². The maximum Gasteiger partial charge on any atom is 0.303 e. The SMILES string of the molecule is C[C@@H]1Oc2ccccc2O[C@H]1C(=O)N(C)CCCC(=O)O. The van der Waals surface area contributed by atoms with Crippen LogP contribution in [0.25, 0.3) is 0 Å². The molecular weight excluding hydrogens is 274 g/mol. The highest BCUT2D eigenvalue weighted by molar-refractivity contribution is 5.82. The number of likely N-dealkylation sites (N-methyl/N-ethyl adjacent to an activating group) is 1. The first-order valence-corrected chi connectivity index (χ1v) is 6.88. The number of fused-ring (bicyclic) bond motifs is 1. The van der Waals surface area contributed by atoms with Gasteiger partial charge in [0, 0.05) is 20.0 Å². The fourth-order valence-electron chi connectivity index (χ4n) is 2.19. The Labute approximate surface area is 123 Å². The van der Waals surface area contributed by atoms with Crippen LogP contribution in [-0.2, 0) is 9.59 Å². The Balaban J connectivity index is 1.98. The highest BCUT2D eigenvalue weighted by Gasteiger charge is 2.35. The maximum atomic E-state index is 12.4. The van der Waals surface area contributed by atoms with Crippen LogP contribution in [0.1, 0.15) is 19.8 Å². The second-order valence-electron chi connectivity index (χ2n) is 5.07. The molecule has 1 N–H and O–H groups in total. The van der Waals surface area contributed by atoms with E-state index < -0.39 is 18.2 Å². The summed E-state index contributed by atoms with van der Waals surface area (Å²) in [6.07, 6.45) is -0.655. The number of nitrogens with zero attached hydrogens (tertiary/aromatic N) is 1. The number of hydrogen-bond acceptors (Lipinski definition) is 4. The third kappa shape index (κ3) is 3.65. The molecule has 0 fully saturated rings. The van der Waals surface area contributed by atoms with Gasteiger partial charge < -0.3 is 19.5 Å². The summed E-state index contributed by atoms with van der Waals surface area (Å²) in [6, 6.07) is 7.21. The molecule has 0 radical (unpaired) electrons. The smallest absolute Gasteiger partial charge is 0.303 e. The van der Waals surface area contributed by atoms with Gasteiger partial charge in [0.15, 0.2) is 11.5 Å². The monoisotopic (exact) mass is 293 g/mol. The lowest BCUT2D eigenvalue weighted by atomic mass is 10.1. The molecule has 6 heteroatoms. The van der Waals surface area contributed by atoms with Crippen LogP contribution in [-0.4, -0.2) is 47.7 Å². The van der Waals surface area contributed by atoms with Crippen LogP contribution in [0.5, 0.6) is 11.5 Å². The van der Waals surface area contributed by atoms with Gasteiger partial charge in [-0.25, -0.2) is 0 Å². The Kier molecular flexibility index (Phi) is 4.67. The van der Waals surface area contributed by atoms with Crippen molar-refractivity contribution in [2.75, 3.05) is 13.6 Å². The first-order valence-electron chi connectivity index (χ1n) is 6.88. The molecule has 0 aromatic heterocycles. The zero-order valence-electron chi connectivity index (χ0n) is 12.1. The topological polar surface area (TPSA) is 76.1 Å². The van der Waals surface area contributed by atoms with Gasteiger partial charge in [-0.15, -0.1) is 0 Å². The van der Waals surface area contributed by atoms with Gasteiger partial charge in [-0.3, -0.25) is 9.59 Å². The number of carboxylic acids is 1. The van der Waals surface area contributed by atoms with Gasteiger partial charge in [0.2, 0.25) is 6.10 Å². The minimum atomic E-state index is -0.865. The lowest BCUT2D eigenvalue weighted by Crippen LogP contribution is -2.49. The molecule has 1 amide bonds. The van der Waals surface area contributed by atoms with E-state index in [4.69, 9.17) is 14.6 Å². The average molecular weight is 293 g/mol.